The Morgan fingerprint density at radius 3 is 2.84 bits per heavy atom. The van der Waals surface area contributed by atoms with Gasteiger partial charge in [0.25, 0.3) is 0 Å². The second kappa shape index (κ2) is 6.12. The number of halogens is 1. The van der Waals surface area contributed by atoms with Gasteiger partial charge in [0.2, 0.25) is 0 Å². The normalized spacial score (nSPS) is 10.7. The number of aromatic nitrogens is 1. The van der Waals surface area contributed by atoms with Gasteiger partial charge in [0.1, 0.15) is 5.82 Å². The van der Waals surface area contributed by atoms with Crippen molar-refractivity contribution in [3.05, 3.63) is 45.7 Å². The standard InChI is InChI=1S/C14H18FN3S/c1-10-17-11(9-19-10)8-18(2)14-5-3-4-13(15)12(14)6-7-16/h3-5,9H,6-8,16H2,1-2H3. The smallest absolute Gasteiger partial charge is 0.128 e. The molecule has 0 amide bonds. The van der Waals surface area contributed by atoms with Crippen LogP contribution in [0.1, 0.15) is 16.3 Å². The van der Waals surface area contributed by atoms with Gasteiger partial charge in [0.15, 0.2) is 0 Å². The number of aryl methyl sites for hydroxylation is 1. The SMILES string of the molecule is Cc1nc(CN(C)c2cccc(F)c2CCN)cs1. The van der Waals surface area contributed by atoms with Gasteiger partial charge < -0.3 is 10.6 Å². The first-order chi connectivity index (χ1) is 9.11. The molecule has 19 heavy (non-hydrogen) atoms. The minimum atomic E-state index is -0.191. The molecular formula is C14H18FN3S. The van der Waals surface area contributed by atoms with Crippen molar-refractivity contribution in [1.82, 2.24) is 4.98 Å². The average Bonchev–Trinajstić information content (AvgIpc) is 2.77. The van der Waals surface area contributed by atoms with Crippen LogP contribution in [0.4, 0.5) is 10.1 Å². The molecule has 0 aliphatic carbocycles. The lowest BCUT2D eigenvalue weighted by molar-refractivity contribution is 0.608. The van der Waals surface area contributed by atoms with Crippen LogP contribution in [-0.2, 0) is 13.0 Å². The fourth-order valence-corrected chi connectivity index (χ4v) is 2.71. The van der Waals surface area contributed by atoms with Crippen LogP contribution in [0.2, 0.25) is 0 Å². The van der Waals surface area contributed by atoms with Crippen molar-refractivity contribution in [3.63, 3.8) is 0 Å². The van der Waals surface area contributed by atoms with Crippen molar-refractivity contribution >= 4 is 17.0 Å². The highest BCUT2D eigenvalue weighted by Crippen LogP contribution is 2.24. The quantitative estimate of drug-likeness (QED) is 0.915. The van der Waals surface area contributed by atoms with E-state index in [1.807, 2.05) is 30.3 Å². The first-order valence-corrected chi connectivity index (χ1v) is 7.09. The third-order valence-electron chi connectivity index (χ3n) is 2.97. The van der Waals surface area contributed by atoms with Gasteiger partial charge in [-0.05, 0) is 32.0 Å². The largest absolute Gasteiger partial charge is 0.368 e. The highest BCUT2D eigenvalue weighted by molar-refractivity contribution is 7.09. The van der Waals surface area contributed by atoms with E-state index in [9.17, 15) is 4.39 Å². The second-order valence-corrected chi connectivity index (χ2v) is 5.55. The number of anilines is 1. The molecule has 0 saturated carbocycles. The summed E-state index contributed by atoms with van der Waals surface area (Å²) in [4.78, 5) is 6.45. The zero-order valence-electron chi connectivity index (χ0n) is 11.2. The number of rotatable bonds is 5. The summed E-state index contributed by atoms with van der Waals surface area (Å²) in [5.74, 6) is -0.191. The molecule has 1 aromatic carbocycles. The molecule has 3 nitrogen and oxygen atoms in total. The van der Waals surface area contributed by atoms with E-state index >= 15 is 0 Å². The van der Waals surface area contributed by atoms with Crippen LogP contribution in [0.25, 0.3) is 0 Å². The molecule has 0 radical (unpaired) electrons. The second-order valence-electron chi connectivity index (χ2n) is 4.49. The molecule has 0 bridgehead atoms. The predicted molar refractivity (Wildman–Crippen MR) is 78.1 cm³/mol. The summed E-state index contributed by atoms with van der Waals surface area (Å²) in [5, 5.41) is 3.08. The van der Waals surface area contributed by atoms with Gasteiger partial charge in [-0.15, -0.1) is 11.3 Å². The fraction of sp³-hybridized carbons (Fsp3) is 0.357. The van der Waals surface area contributed by atoms with E-state index in [1.54, 1.807) is 17.4 Å². The van der Waals surface area contributed by atoms with Crippen molar-refractivity contribution in [2.24, 2.45) is 5.73 Å². The third-order valence-corrected chi connectivity index (χ3v) is 3.79. The van der Waals surface area contributed by atoms with E-state index in [4.69, 9.17) is 5.73 Å². The lowest BCUT2D eigenvalue weighted by Crippen LogP contribution is -2.20. The molecule has 0 fully saturated rings. The van der Waals surface area contributed by atoms with Crippen LogP contribution in [0.15, 0.2) is 23.6 Å². The molecule has 1 heterocycles. The Labute approximate surface area is 116 Å². The number of benzene rings is 1. The fourth-order valence-electron chi connectivity index (χ4n) is 2.11. The van der Waals surface area contributed by atoms with Gasteiger partial charge in [-0.3, -0.25) is 0 Å². The summed E-state index contributed by atoms with van der Waals surface area (Å²) in [6.07, 6.45) is 0.544. The third kappa shape index (κ3) is 3.30. The van der Waals surface area contributed by atoms with Crippen LogP contribution in [0.5, 0.6) is 0 Å². The molecule has 1 aromatic heterocycles. The molecule has 0 aliphatic heterocycles. The topological polar surface area (TPSA) is 42.2 Å². The number of nitrogens with two attached hydrogens (primary N) is 1. The van der Waals surface area contributed by atoms with E-state index in [2.05, 4.69) is 4.98 Å². The Kier molecular flexibility index (Phi) is 4.50. The number of nitrogens with zero attached hydrogens (tertiary/aromatic N) is 2. The van der Waals surface area contributed by atoms with Crippen molar-refractivity contribution in [2.45, 2.75) is 19.9 Å². The van der Waals surface area contributed by atoms with E-state index < -0.39 is 0 Å². The monoisotopic (exact) mass is 279 g/mol. The minimum Gasteiger partial charge on any atom is -0.368 e. The summed E-state index contributed by atoms with van der Waals surface area (Å²) in [6, 6.07) is 5.14. The Hall–Kier alpha value is -1.46. The Morgan fingerprint density at radius 1 is 1.42 bits per heavy atom. The van der Waals surface area contributed by atoms with Crippen LogP contribution < -0.4 is 10.6 Å². The molecular weight excluding hydrogens is 261 g/mol. The van der Waals surface area contributed by atoms with Crippen LogP contribution in [0.3, 0.4) is 0 Å². The van der Waals surface area contributed by atoms with Gasteiger partial charge >= 0.3 is 0 Å². The molecule has 0 atom stereocenters. The minimum absolute atomic E-state index is 0.191. The molecule has 5 heteroatoms. The Morgan fingerprint density at radius 2 is 2.21 bits per heavy atom. The maximum atomic E-state index is 13.8. The number of hydrogen-bond acceptors (Lipinski definition) is 4. The summed E-state index contributed by atoms with van der Waals surface area (Å²) >= 11 is 1.63. The molecule has 102 valence electrons. The molecule has 2 rings (SSSR count). The molecule has 0 aliphatic rings. The maximum Gasteiger partial charge on any atom is 0.128 e. The number of hydrogen-bond donors (Lipinski definition) is 1. The lowest BCUT2D eigenvalue weighted by atomic mass is 10.1. The van der Waals surface area contributed by atoms with Gasteiger partial charge in [-0.1, -0.05) is 6.07 Å². The zero-order chi connectivity index (χ0) is 13.8. The van der Waals surface area contributed by atoms with Crippen molar-refractivity contribution < 1.29 is 4.39 Å². The van der Waals surface area contributed by atoms with Crippen molar-refractivity contribution in [1.29, 1.82) is 0 Å². The van der Waals surface area contributed by atoms with Crippen LogP contribution in [0, 0.1) is 12.7 Å². The van der Waals surface area contributed by atoms with Crippen molar-refractivity contribution in [2.75, 3.05) is 18.5 Å². The summed E-state index contributed by atoms with van der Waals surface area (Å²) in [6.45, 7) is 3.10. The van der Waals surface area contributed by atoms with E-state index in [-0.39, 0.29) is 5.82 Å². The highest BCUT2D eigenvalue weighted by Gasteiger charge is 2.12. The Balaban J connectivity index is 2.23. The molecule has 2 aromatic rings. The van der Waals surface area contributed by atoms with Crippen molar-refractivity contribution in [3.8, 4) is 0 Å². The summed E-state index contributed by atoms with van der Waals surface area (Å²) < 4.78 is 13.8. The van der Waals surface area contributed by atoms with Gasteiger partial charge in [0, 0.05) is 23.7 Å². The van der Waals surface area contributed by atoms with Gasteiger partial charge in [-0.25, -0.2) is 9.37 Å². The predicted octanol–water partition coefficient (Wildman–Crippen LogP) is 2.73. The van der Waals surface area contributed by atoms with Gasteiger partial charge in [0.05, 0.1) is 17.2 Å². The van der Waals surface area contributed by atoms with Crippen LogP contribution in [-0.4, -0.2) is 18.6 Å². The first kappa shape index (κ1) is 14.0. The molecule has 0 spiro atoms. The maximum absolute atomic E-state index is 13.8. The van der Waals surface area contributed by atoms with E-state index in [0.717, 1.165) is 16.4 Å². The summed E-state index contributed by atoms with van der Waals surface area (Å²) in [5.41, 5.74) is 8.13. The molecule has 2 N–H and O–H groups in total. The lowest BCUT2D eigenvalue weighted by Gasteiger charge is -2.22. The van der Waals surface area contributed by atoms with E-state index in [0.29, 0.717) is 25.1 Å². The van der Waals surface area contributed by atoms with E-state index in [1.165, 1.54) is 6.07 Å². The highest BCUT2D eigenvalue weighted by atomic mass is 32.1. The van der Waals surface area contributed by atoms with Crippen LogP contribution >= 0.6 is 11.3 Å². The number of thiazole rings is 1. The molecule has 0 saturated heterocycles. The first-order valence-electron chi connectivity index (χ1n) is 6.21. The zero-order valence-corrected chi connectivity index (χ0v) is 12.0. The average molecular weight is 279 g/mol. The summed E-state index contributed by atoms with van der Waals surface area (Å²) in [7, 11) is 1.95. The molecule has 0 unspecified atom stereocenters. The van der Waals surface area contributed by atoms with Gasteiger partial charge in [-0.2, -0.15) is 0 Å². The Bertz CT molecular complexity index is 553.